The van der Waals surface area contributed by atoms with Crippen molar-refractivity contribution in [1.29, 1.82) is 0 Å². The van der Waals surface area contributed by atoms with Gasteiger partial charge in [-0.05, 0) is 57.4 Å². The van der Waals surface area contributed by atoms with Crippen LogP contribution in [0.2, 0.25) is 0 Å². The molecule has 31 heavy (non-hydrogen) atoms. The molecule has 0 radical (unpaired) electrons. The molecule has 2 aromatic carbocycles. The molecule has 2 N–H and O–H groups in total. The lowest BCUT2D eigenvalue weighted by molar-refractivity contribution is -0.115. The van der Waals surface area contributed by atoms with E-state index in [1.807, 2.05) is 55.5 Å². The highest BCUT2D eigenvalue weighted by molar-refractivity contribution is 8.01. The van der Waals surface area contributed by atoms with Crippen LogP contribution in [0, 0.1) is 6.92 Å². The molecule has 1 heterocycles. The van der Waals surface area contributed by atoms with E-state index < -0.39 is 5.25 Å². The normalized spacial score (nSPS) is 16.9. The summed E-state index contributed by atoms with van der Waals surface area (Å²) in [5.74, 6) is 0.516. The van der Waals surface area contributed by atoms with E-state index in [-0.39, 0.29) is 23.7 Å². The molecule has 6 nitrogen and oxygen atoms in total. The molecule has 1 fully saturated rings. The SMILES string of the molecule is Cc1ccc(NC(=O)CSC(C)C(=O)Nc2ccccc2OCC2CCCCO2)cc1. The number of ether oxygens (including phenoxy) is 2. The van der Waals surface area contributed by atoms with Crippen molar-refractivity contribution in [3.8, 4) is 5.75 Å². The van der Waals surface area contributed by atoms with Crippen LogP contribution in [0.5, 0.6) is 5.75 Å². The van der Waals surface area contributed by atoms with Crippen molar-refractivity contribution in [3.05, 3.63) is 54.1 Å². The number of nitrogens with one attached hydrogen (secondary N) is 2. The predicted molar refractivity (Wildman–Crippen MR) is 126 cm³/mol. The van der Waals surface area contributed by atoms with Gasteiger partial charge in [-0.2, -0.15) is 0 Å². The van der Waals surface area contributed by atoms with E-state index in [1.165, 1.54) is 11.8 Å². The summed E-state index contributed by atoms with van der Waals surface area (Å²) in [6.07, 6.45) is 3.34. The molecule has 1 saturated heterocycles. The third-order valence-electron chi connectivity index (χ3n) is 5.01. The van der Waals surface area contributed by atoms with E-state index in [0.29, 0.717) is 18.0 Å². The standard InChI is InChI=1S/C24H30N2O4S/c1-17-10-12-19(13-11-17)25-23(27)16-31-18(2)24(28)26-21-8-3-4-9-22(21)30-15-20-7-5-6-14-29-20/h3-4,8-13,18,20H,5-7,14-16H2,1-2H3,(H,25,27)(H,26,28). The lowest BCUT2D eigenvalue weighted by Gasteiger charge is -2.23. The highest BCUT2D eigenvalue weighted by Crippen LogP contribution is 2.26. The molecule has 1 aliphatic rings. The van der Waals surface area contributed by atoms with Gasteiger partial charge in [-0.25, -0.2) is 0 Å². The fourth-order valence-corrected chi connectivity index (χ4v) is 3.85. The van der Waals surface area contributed by atoms with Gasteiger partial charge in [0.1, 0.15) is 12.4 Å². The number of hydrogen-bond acceptors (Lipinski definition) is 5. The molecular formula is C24H30N2O4S. The van der Waals surface area contributed by atoms with Gasteiger partial charge in [-0.1, -0.05) is 29.8 Å². The fraction of sp³-hybridized carbons (Fsp3) is 0.417. The number of thioether (sulfide) groups is 1. The quantitative estimate of drug-likeness (QED) is 0.592. The summed E-state index contributed by atoms with van der Waals surface area (Å²) in [6, 6.07) is 15.0. The lowest BCUT2D eigenvalue weighted by Crippen LogP contribution is -2.27. The van der Waals surface area contributed by atoms with Gasteiger partial charge in [0, 0.05) is 12.3 Å². The third kappa shape index (κ3) is 7.60. The largest absolute Gasteiger partial charge is 0.489 e. The number of amides is 2. The molecular weight excluding hydrogens is 412 g/mol. The Morgan fingerprint density at radius 2 is 1.90 bits per heavy atom. The van der Waals surface area contributed by atoms with Gasteiger partial charge in [-0.15, -0.1) is 11.8 Å². The second-order valence-corrected chi connectivity index (χ2v) is 8.98. The number of aryl methyl sites for hydroxylation is 1. The topological polar surface area (TPSA) is 76.7 Å². The number of carbonyl (C=O) groups is 2. The average molecular weight is 443 g/mol. The minimum absolute atomic E-state index is 0.0963. The summed E-state index contributed by atoms with van der Waals surface area (Å²) in [5.41, 5.74) is 2.51. The van der Waals surface area contributed by atoms with Crippen LogP contribution in [-0.2, 0) is 14.3 Å². The Hall–Kier alpha value is -2.51. The van der Waals surface area contributed by atoms with Crippen molar-refractivity contribution < 1.29 is 19.1 Å². The van der Waals surface area contributed by atoms with Crippen molar-refractivity contribution in [2.75, 3.05) is 29.6 Å². The molecule has 0 aromatic heterocycles. The fourth-order valence-electron chi connectivity index (χ4n) is 3.16. The van der Waals surface area contributed by atoms with Crippen LogP contribution in [0.1, 0.15) is 31.7 Å². The maximum Gasteiger partial charge on any atom is 0.237 e. The minimum Gasteiger partial charge on any atom is -0.489 e. The van der Waals surface area contributed by atoms with Crippen molar-refractivity contribution in [3.63, 3.8) is 0 Å². The monoisotopic (exact) mass is 442 g/mol. The van der Waals surface area contributed by atoms with E-state index in [2.05, 4.69) is 10.6 Å². The van der Waals surface area contributed by atoms with E-state index in [9.17, 15) is 9.59 Å². The molecule has 7 heteroatoms. The summed E-state index contributed by atoms with van der Waals surface area (Å²) in [5, 5.41) is 5.38. The van der Waals surface area contributed by atoms with Gasteiger partial charge in [0.15, 0.2) is 0 Å². The van der Waals surface area contributed by atoms with Crippen LogP contribution in [0.3, 0.4) is 0 Å². The Morgan fingerprint density at radius 1 is 1.13 bits per heavy atom. The van der Waals surface area contributed by atoms with Crippen LogP contribution in [0.25, 0.3) is 0 Å². The number of rotatable bonds is 9. The number of para-hydroxylation sites is 2. The Morgan fingerprint density at radius 3 is 2.65 bits per heavy atom. The maximum atomic E-state index is 12.6. The smallest absolute Gasteiger partial charge is 0.237 e. The van der Waals surface area contributed by atoms with E-state index >= 15 is 0 Å². The molecule has 0 aliphatic carbocycles. The van der Waals surface area contributed by atoms with Crippen LogP contribution in [-0.4, -0.2) is 42.1 Å². The van der Waals surface area contributed by atoms with E-state index in [1.54, 1.807) is 6.92 Å². The zero-order valence-corrected chi connectivity index (χ0v) is 18.9. The number of benzene rings is 2. The zero-order chi connectivity index (χ0) is 22.1. The average Bonchev–Trinajstić information content (AvgIpc) is 2.79. The molecule has 1 aliphatic heterocycles. The summed E-state index contributed by atoms with van der Waals surface area (Å²) in [6.45, 7) is 5.03. The van der Waals surface area contributed by atoms with Gasteiger partial charge in [0.05, 0.1) is 22.8 Å². The Bertz CT molecular complexity index is 866. The van der Waals surface area contributed by atoms with E-state index in [0.717, 1.165) is 37.1 Å². The van der Waals surface area contributed by atoms with Crippen LogP contribution in [0.15, 0.2) is 48.5 Å². The second-order valence-electron chi connectivity index (χ2n) is 7.65. The third-order valence-corrected chi connectivity index (χ3v) is 6.16. The second kappa shape index (κ2) is 11.8. The van der Waals surface area contributed by atoms with Crippen molar-refractivity contribution in [1.82, 2.24) is 0 Å². The van der Waals surface area contributed by atoms with E-state index in [4.69, 9.17) is 9.47 Å². The minimum atomic E-state index is -0.390. The van der Waals surface area contributed by atoms with Gasteiger partial charge in [0.25, 0.3) is 0 Å². The maximum absolute atomic E-state index is 12.6. The Kier molecular flexibility index (Phi) is 8.79. The predicted octanol–water partition coefficient (Wildman–Crippen LogP) is 4.64. The summed E-state index contributed by atoms with van der Waals surface area (Å²) >= 11 is 1.29. The summed E-state index contributed by atoms with van der Waals surface area (Å²) < 4.78 is 11.6. The summed E-state index contributed by atoms with van der Waals surface area (Å²) in [4.78, 5) is 24.8. The van der Waals surface area contributed by atoms with Gasteiger partial charge in [-0.3, -0.25) is 9.59 Å². The zero-order valence-electron chi connectivity index (χ0n) is 18.1. The molecule has 0 saturated carbocycles. The molecule has 0 spiro atoms. The van der Waals surface area contributed by atoms with Gasteiger partial charge >= 0.3 is 0 Å². The molecule has 2 atom stereocenters. The molecule has 2 aromatic rings. The highest BCUT2D eigenvalue weighted by Gasteiger charge is 2.19. The number of hydrogen-bond donors (Lipinski definition) is 2. The number of carbonyl (C=O) groups excluding carboxylic acids is 2. The van der Waals surface area contributed by atoms with Crippen molar-refractivity contribution >= 4 is 35.0 Å². The van der Waals surface area contributed by atoms with Gasteiger partial charge in [0.2, 0.25) is 11.8 Å². The molecule has 0 bridgehead atoms. The molecule has 3 rings (SSSR count). The Labute approximate surface area is 188 Å². The highest BCUT2D eigenvalue weighted by atomic mass is 32.2. The first-order valence-electron chi connectivity index (χ1n) is 10.6. The first-order valence-corrected chi connectivity index (χ1v) is 11.7. The van der Waals surface area contributed by atoms with Crippen molar-refractivity contribution in [2.24, 2.45) is 0 Å². The van der Waals surface area contributed by atoms with Crippen LogP contribution < -0.4 is 15.4 Å². The van der Waals surface area contributed by atoms with Crippen LogP contribution in [0.4, 0.5) is 11.4 Å². The molecule has 2 unspecified atom stereocenters. The lowest BCUT2D eigenvalue weighted by atomic mass is 10.1. The first kappa shape index (κ1) is 23.2. The van der Waals surface area contributed by atoms with Crippen LogP contribution >= 0.6 is 11.8 Å². The molecule has 2 amide bonds. The Balaban J connectivity index is 1.46. The number of anilines is 2. The summed E-state index contributed by atoms with van der Waals surface area (Å²) in [7, 11) is 0. The first-order chi connectivity index (χ1) is 15.0. The molecule has 166 valence electrons. The van der Waals surface area contributed by atoms with Crippen molar-refractivity contribution in [2.45, 2.75) is 44.5 Å². The van der Waals surface area contributed by atoms with Gasteiger partial charge < -0.3 is 20.1 Å².